The van der Waals surface area contributed by atoms with Gasteiger partial charge in [0, 0.05) is 49.8 Å². The minimum Gasteiger partial charge on any atom is -0.485 e. The number of fused-ring (bicyclic) bond motifs is 1. The summed E-state index contributed by atoms with van der Waals surface area (Å²) in [6, 6.07) is 10.8. The molecule has 0 aliphatic carbocycles. The molecular formula is C32H34ClF2N5O4. The van der Waals surface area contributed by atoms with Crippen molar-refractivity contribution in [3.8, 4) is 5.75 Å². The predicted molar refractivity (Wildman–Crippen MR) is 165 cm³/mol. The van der Waals surface area contributed by atoms with Crippen molar-refractivity contribution in [3.05, 3.63) is 87.8 Å². The van der Waals surface area contributed by atoms with Gasteiger partial charge < -0.3 is 24.6 Å². The highest BCUT2D eigenvalue weighted by atomic mass is 35.5. The van der Waals surface area contributed by atoms with Crippen LogP contribution in [0.15, 0.2) is 48.7 Å². The summed E-state index contributed by atoms with van der Waals surface area (Å²) < 4.78 is 41.0. The number of hydrogen-bond donors (Lipinski definition) is 1. The Bertz CT molecular complexity index is 1710. The monoisotopic (exact) mass is 625 g/mol. The predicted octanol–water partition coefficient (Wildman–Crippen LogP) is 6.77. The molecule has 3 heterocycles. The van der Waals surface area contributed by atoms with E-state index in [4.69, 9.17) is 21.1 Å². The van der Waals surface area contributed by atoms with Crippen LogP contribution in [0.25, 0.3) is 5.65 Å². The van der Waals surface area contributed by atoms with E-state index < -0.39 is 23.1 Å². The summed E-state index contributed by atoms with van der Waals surface area (Å²) in [5.41, 5.74) is 2.63. The van der Waals surface area contributed by atoms with Crippen LogP contribution in [0.1, 0.15) is 48.1 Å². The molecule has 1 saturated heterocycles. The first-order valence-corrected chi connectivity index (χ1v) is 14.6. The Hall–Kier alpha value is -4.38. The number of piperazine rings is 1. The van der Waals surface area contributed by atoms with E-state index in [-0.39, 0.29) is 40.4 Å². The molecule has 1 fully saturated rings. The van der Waals surface area contributed by atoms with Crippen molar-refractivity contribution in [1.82, 2.24) is 14.3 Å². The van der Waals surface area contributed by atoms with Gasteiger partial charge in [-0.1, -0.05) is 17.7 Å². The molecule has 9 nitrogen and oxygen atoms in total. The first-order valence-electron chi connectivity index (χ1n) is 14.2. The fourth-order valence-corrected chi connectivity index (χ4v) is 5.23. The van der Waals surface area contributed by atoms with Gasteiger partial charge in [0.2, 0.25) is 0 Å². The van der Waals surface area contributed by atoms with E-state index in [0.29, 0.717) is 37.6 Å². The van der Waals surface area contributed by atoms with Crippen molar-refractivity contribution >= 4 is 40.6 Å². The highest BCUT2D eigenvalue weighted by Gasteiger charge is 2.26. The number of imidazole rings is 1. The van der Waals surface area contributed by atoms with Gasteiger partial charge in [-0.2, -0.15) is 0 Å². The van der Waals surface area contributed by atoms with E-state index in [9.17, 15) is 18.4 Å². The van der Waals surface area contributed by atoms with Crippen LogP contribution in [0.4, 0.5) is 25.0 Å². The van der Waals surface area contributed by atoms with E-state index in [0.717, 1.165) is 23.4 Å². The zero-order valence-corrected chi connectivity index (χ0v) is 26.0. The molecule has 0 saturated carbocycles. The molecule has 2 amide bonds. The zero-order chi connectivity index (χ0) is 31.8. The van der Waals surface area contributed by atoms with Crippen LogP contribution in [-0.4, -0.2) is 58.1 Å². The average Bonchev–Trinajstić information content (AvgIpc) is 3.28. The first-order chi connectivity index (χ1) is 20.8. The molecular weight excluding hydrogens is 592 g/mol. The summed E-state index contributed by atoms with van der Waals surface area (Å²) in [5.74, 6) is -1.70. The number of aromatic nitrogens is 2. The number of ether oxygens (including phenoxy) is 2. The molecule has 232 valence electrons. The number of benzene rings is 2. The lowest BCUT2D eigenvalue weighted by Crippen LogP contribution is -2.50. The summed E-state index contributed by atoms with van der Waals surface area (Å²) in [4.78, 5) is 34.3. The van der Waals surface area contributed by atoms with Crippen LogP contribution in [0, 0.1) is 25.5 Å². The van der Waals surface area contributed by atoms with Crippen molar-refractivity contribution in [1.29, 1.82) is 0 Å². The third kappa shape index (κ3) is 6.72. The molecule has 1 N–H and O–H groups in total. The number of aryl methyl sites for hydroxylation is 2. The lowest BCUT2D eigenvalue weighted by molar-refractivity contribution is 0.0240. The Morgan fingerprint density at radius 2 is 1.70 bits per heavy atom. The fourth-order valence-electron chi connectivity index (χ4n) is 5.04. The largest absolute Gasteiger partial charge is 0.485 e. The maximum Gasteiger partial charge on any atom is 0.410 e. The van der Waals surface area contributed by atoms with E-state index in [1.807, 2.05) is 45.9 Å². The summed E-state index contributed by atoms with van der Waals surface area (Å²) in [5, 5.41) is 3.21. The fraction of sp³-hybridized carbons (Fsp3) is 0.344. The average molecular weight is 626 g/mol. The van der Waals surface area contributed by atoms with Crippen molar-refractivity contribution < 1.29 is 27.8 Å². The lowest BCUT2D eigenvalue weighted by atomic mass is 10.1. The number of carbonyl (C=O) groups is 2. The number of nitrogens with one attached hydrogen (secondary N) is 1. The first kappa shape index (κ1) is 31.1. The van der Waals surface area contributed by atoms with Crippen molar-refractivity contribution in [2.75, 3.05) is 36.4 Å². The maximum absolute atomic E-state index is 14.1. The van der Waals surface area contributed by atoms with Gasteiger partial charge >= 0.3 is 6.09 Å². The van der Waals surface area contributed by atoms with Crippen LogP contribution in [0.2, 0.25) is 5.02 Å². The van der Waals surface area contributed by atoms with E-state index in [2.05, 4.69) is 15.2 Å². The smallest absolute Gasteiger partial charge is 0.410 e. The lowest BCUT2D eigenvalue weighted by Gasteiger charge is -2.37. The summed E-state index contributed by atoms with van der Waals surface area (Å²) in [7, 11) is 0. The minimum atomic E-state index is -0.730. The molecule has 0 bridgehead atoms. The molecule has 1 aliphatic heterocycles. The number of halogens is 3. The number of carbonyl (C=O) groups excluding carboxylic acids is 2. The Balaban J connectivity index is 1.30. The molecule has 44 heavy (non-hydrogen) atoms. The maximum atomic E-state index is 14.1. The van der Waals surface area contributed by atoms with Gasteiger partial charge in [-0.15, -0.1) is 0 Å². The molecule has 0 unspecified atom stereocenters. The number of hydrogen-bond acceptors (Lipinski definition) is 6. The van der Waals surface area contributed by atoms with Crippen LogP contribution in [0.3, 0.4) is 0 Å². The van der Waals surface area contributed by atoms with E-state index >= 15 is 0 Å². The van der Waals surface area contributed by atoms with Crippen molar-refractivity contribution in [3.63, 3.8) is 0 Å². The highest BCUT2D eigenvalue weighted by molar-refractivity contribution is 6.30. The number of amides is 2. The summed E-state index contributed by atoms with van der Waals surface area (Å²) >= 11 is 6.34. The second-order valence-corrected chi connectivity index (χ2v) is 12.1. The number of nitrogens with zero attached hydrogens (tertiary/aromatic N) is 4. The van der Waals surface area contributed by atoms with Crippen molar-refractivity contribution in [2.45, 2.75) is 46.8 Å². The third-order valence-corrected chi connectivity index (χ3v) is 7.44. The van der Waals surface area contributed by atoms with Crippen molar-refractivity contribution in [2.24, 2.45) is 0 Å². The number of pyridine rings is 1. The standard InChI is InChI=1S/C32H34ClF2N5O4/c1-19-15-22(38-11-13-39(14-12-38)31(42)44-32(3,4)5)9-10-26(19)37-30(41)28-20(2)36-29-27(16-21(33)17-40(28)29)43-18-23-24(34)7-6-8-25(23)35/h6-10,15-17H,11-14,18H2,1-5H3,(H,37,41). The molecule has 12 heteroatoms. The number of anilines is 2. The highest BCUT2D eigenvalue weighted by Crippen LogP contribution is 2.29. The Kier molecular flexibility index (Phi) is 8.69. The van der Waals surface area contributed by atoms with Crippen LogP contribution in [0.5, 0.6) is 5.75 Å². The van der Waals surface area contributed by atoms with Crippen LogP contribution < -0.4 is 15.0 Å². The van der Waals surface area contributed by atoms with E-state index in [1.165, 1.54) is 22.7 Å². The van der Waals surface area contributed by atoms with Gasteiger partial charge in [0.25, 0.3) is 5.91 Å². The molecule has 5 rings (SSSR count). The van der Waals surface area contributed by atoms with Crippen LogP contribution >= 0.6 is 11.6 Å². The van der Waals surface area contributed by atoms with Gasteiger partial charge in [-0.3, -0.25) is 9.20 Å². The number of rotatable bonds is 6. The third-order valence-electron chi connectivity index (χ3n) is 7.23. The quantitative estimate of drug-likeness (QED) is 0.254. The van der Waals surface area contributed by atoms with Gasteiger partial charge in [0.15, 0.2) is 11.4 Å². The van der Waals surface area contributed by atoms with Crippen LogP contribution in [-0.2, 0) is 11.3 Å². The topological polar surface area (TPSA) is 88.4 Å². The normalized spacial score (nSPS) is 13.7. The second-order valence-electron chi connectivity index (χ2n) is 11.7. The summed E-state index contributed by atoms with van der Waals surface area (Å²) in [6.07, 6.45) is 1.22. The molecule has 0 atom stereocenters. The molecule has 0 spiro atoms. The van der Waals surface area contributed by atoms with Gasteiger partial charge in [0.1, 0.15) is 29.5 Å². The van der Waals surface area contributed by atoms with Gasteiger partial charge in [-0.25, -0.2) is 18.6 Å². The Labute approximate surface area is 259 Å². The van der Waals surface area contributed by atoms with Gasteiger partial charge in [0.05, 0.1) is 16.3 Å². The Morgan fingerprint density at radius 3 is 2.34 bits per heavy atom. The second kappa shape index (κ2) is 12.3. The molecule has 2 aromatic heterocycles. The molecule has 2 aromatic carbocycles. The SMILES string of the molecule is Cc1cc(N2CCN(C(=O)OC(C)(C)C)CC2)ccc1NC(=O)c1c(C)nc2c(OCc3c(F)cccc3F)cc(Cl)cn12. The zero-order valence-electron chi connectivity index (χ0n) is 25.2. The minimum absolute atomic E-state index is 0.176. The Morgan fingerprint density at radius 1 is 1.02 bits per heavy atom. The molecule has 4 aromatic rings. The van der Waals surface area contributed by atoms with E-state index in [1.54, 1.807) is 11.8 Å². The molecule has 1 aliphatic rings. The van der Waals surface area contributed by atoms with Gasteiger partial charge in [-0.05, 0) is 70.5 Å². The summed E-state index contributed by atoms with van der Waals surface area (Å²) in [6.45, 7) is 11.1. The molecule has 0 radical (unpaired) electrons.